The van der Waals surface area contributed by atoms with E-state index < -0.39 is 10.1 Å². The van der Waals surface area contributed by atoms with Crippen LogP contribution in [0.2, 0.25) is 0 Å². The second kappa shape index (κ2) is 4.75. The summed E-state index contributed by atoms with van der Waals surface area (Å²) >= 11 is 0. The summed E-state index contributed by atoms with van der Waals surface area (Å²) < 4.78 is 29.2. The quantitative estimate of drug-likeness (QED) is 0.534. The Bertz CT molecular complexity index is 298. The number of amides is 1. The van der Waals surface area contributed by atoms with E-state index in [-0.39, 0.29) is 11.7 Å². The number of carbonyl (C=O) groups is 1. The molecule has 82 valence electrons. The molecule has 0 aromatic heterocycles. The smallest absolute Gasteiger partial charge is 0.264 e. The lowest BCUT2D eigenvalue weighted by Gasteiger charge is -2.14. The van der Waals surface area contributed by atoms with Gasteiger partial charge in [-0.3, -0.25) is 9.35 Å². The minimum atomic E-state index is -3.84. The summed E-state index contributed by atoms with van der Waals surface area (Å²) in [5, 5.41) is 0. The van der Waals surface area contributed by atoms with Gasteiger partial charge in [-0.05, 0) is 19.3 Å². The Balaban J connectivity index is 2.13. The van der Waals surface area contributed by atoms with Crippen molar-refractivity contribution in [1.82, 2.24) is 4.90 Å². The second-order valence-electron chi connectivity index (χ2n) is 3.48. The molecule has 1 heterocycles. The Kier molecular flexibility index (Phi) is 3.88. The summed E-state index contributed by atoms with van der Waals surface area (Å²) in [6.45, 7) is 1.39. The van der Waals surface area contributed by atoms with Crippen LogP contribution in [0.1, 0.15) is 25.7 Å². The van der Waals surface area contributed by atoms with Crippen LogP contribution in [0.4, 0.5) is 0 Å². The number of likely N-dealkylation sites (tertiary alicyclic amines) is 1. The highest BCUT2D eigenvalue weighted by molar-refractivity contribution is 7.85. The van der Waals surface area contributed by atoms with Crippen molar-refractivity contribution in [2.45, 2.75) is 25.7 Å². The van der Waals surface area contributed by atoms with Gasteiger partial charge in [0.05, 0.1) is 5.75 Å². The zero-order valence-corrected chi connectivity index (χ0v) is 8.79. The fraction of sp³-hybridized carbons (Fsp3) is 0.875. The van der Waals surface area contributed by atoms with Crippen LogP contribution in [0.15, 0.2) is 0 Å². The number of hydrogen-bond acceptors (Lipinski definition) is 3. The molecule has 1 rings (SSSR count). The fourth-order valence-electron chi connectivity index (χ4n) is 1.53. The van der Waals surface area contributed by atoms with Gasteiger partial charge in [0.25, 0.3) is 10.1 Å². The van der Waals surface area contributed by atoms with Crippen LogP contribution in [0, 0.1) is 0 Å². The molecule has 0 unspecified atom stereocenters. The highest BCUT2D eigenvalue weighted by Gasteiger charge is 2.19. The third kappa shape index (κ3) is 4.06. The Morgan fingerprint density at radius 3 is 2.57 bits per heavy atom. The molecule has 0 aliphatic carbocycles. The molecule has 1 saturated heterocycles. The average molecular weight is 221 g/mol. The molecule has 1 fully saturated rings. The van der Waals surface area contributed by atoms with Crippen molar-refractivity contribution in [3.63, 3.8) is 0 Å². The second-order valence-corrected chi connectivity index (χ2v) is 5.05. The molecule has 1 aliphatic heterocycles. The number of hydrogen-bond donors (Lipinski definition) is 1. The molecule has 0 bridgehead atoms. The molecule has 1 aliphatic rings. The maximum Gasteiger partial charge on any atom is 0.264 e. The predicted octanol–water partition coefficient (Wildman–Crippen LogP) is 0.277. The van der Waals surface area contributed by atoms with Crippen LogP contribution in [-0.2, 0) is 14.9 Å². The van der Waals surface area contributed by atoms with Gasteiger partial charge in [0.15, 0.2) is 0 Å². The first kappa shape index (κ1) is 11.5. The highest BCUT2D eigenvalue weighted by Crippen LogP contribution is 2.10. The van der Waals surface area contributed by atoms with E-state index in [1.807, 2.05) is 0 Å². The number of carbonyl (C=O) groups excluding carboxylic acids is 1. The van der Waals surface area contributed by atoms with Crippen LogP contribution >= 0.6 is 0 Å². The van der Waals surface area contributed by atoms with Gasteiger partial charge in [0.1, 0.15) is 0 Å². The maximum absolute atomic E-state index is 11.1. The first-order valence-corrected chi connectivity index (χ1v) is 6.33. The van der Waals surface area contributed by atoms with Crippen LogP contribution in [0.25, 0.3) is 0 Å². The Morgan fingerprint density at radius 2 is 2.07 bits per heavy atom. The van der Waals surface area contributed by atoms with Crippen LogP contribution in [0.5, 0.6) is 0 Å². The van der Waals surface area contributed by atoms with Crippen LogP contribution in [0.3, 0.4) is 0 Å². The lowest BCUT2D eigenvalue weighted by atomic mass is 10.3. The third-order valence-electron chi connectivity index (χ3n) is 2.25. The standard InChI is InChI=1S/C8H15NO4S/c10-8-4-3-6-9(8)5-1-2-7-14(11,12)13/h1-7H2,(H,11,12,13). The summed E-state index contributed by atoms with van der Waals surface area (Å²) in [5.41, 5.74) is 0. The first-order chi connectivity index (χ1) is 6.49. The van der Waals surface area contributed by atoms with Crippen molar-refractivity contribution in [2.75, 3.05) is 18.8 Å². The van der Waals surface area contributed by atoms with Gasteiger partial charge in [-0.2, -0.15) is 8.42 Å². The van der Waals surface area contributed by atoms with Gasteiger partial charge in [-0.15, -0.1) is 0 Å². The number of unbranched alkanes of at least 4 members (excludes halogenated alkanes) is 1. The van der Waals surface area contributed by atoms with E-state index in [9.17, 15) is 13.2 Å². The van der Waals surface area contributed by atoms with E-state index in [1.165, 1.54) is 0 Å². The molecule has 14 heavy (non-hydrogen) atoms. The first-order valence-electron chi connectivity index (χ1n) is 4.72. The lowest BCUT2D eigenvalue weighted by molar-refractivity contribution is -0.127. The van der Waals surface area contributed by atoms with E-state index in [0.29, 0.717) is 25.8 Å². The molecule has 1 amide bonds. The van der Waals surface area contributed by atoms with Gasteiger partial charge in [0.2, 0.25) is 5.91 Å². The summed E-state index contributed by atoms with van der Waals surface area (Å²) in [6.07, 6.45) is 2.55. The number of rotatable bonds is 5. The molecule has 1 N–H and O–H groups in total. The Labute approximate surface area is 83.8 Å². The SMILES string of the molecule is O=C1CCCN1CCCCS(=O)(=O)O. The zero-order chi connectivity index (χ0) is 10.6. The van der Waals surface area contributed by atoms with Gasteiger partial charge in [-0.1, -0.05) is 0 Å². The van der Waals surface area contributed by atoms with Crippen LogP contribution < -0.4 is 0 Å². The average Bonchev–Trinajstić information content (AvgIpc) is 2.44. The van der Waals surface area contributed by atoms with Crippen molar-refractivity contribution < 1.29 is 17.8 Å². The van der Waals surface area contributed by atoms with Crippen molar-refractivity contribution >= 4 is 16.0 Å². The predicted molar refractivity (Wildman–Crippen MR) is 51.5 cm³/mol. The van der Waals surface area contributed by atoms with Crippen molar-refractivity contribution in [3.05, 3.63) is 0 Å². The van der Waals surface area contributed by atoms with E-state index in [4.69, 9.17) is 4.55 Å². The normalized spacial score (nSPS) is 17.8. The molecule has 0 radical (unpaired) electrons. The fourth-order valence-corrected chi connectivity index (χ4v) is 2.10. The van der Waals surface area contributed by atoms with Gasteiger partial charge >= 0.3 is 0 Å². The van der Waals surface area contributed by atoms with Crippen molar-refractivity contribution in [2.24, 2.45) is 0 Å². The summed E-state index contributed by atoms with van der Waals surface area (Å²) in [4.78, 5) is 12.9. The molecule has 0 aromatic rings. The summed E-state index contributed by atoms with van der Waals surface area (Å²) in [5.74, 6) is -0.0634. The van der Waals surface area contributed by atoms with Gasteiger partial charge < -0.3 is 4.90 Å². The minimum Gasteiger partial charge on any atom is -0.343 e. The molecule has 6 heteroatoms. The van der Waals surface area contributed by atoms with E-state index in [1.54, 1.807) is 4.90 Å². The van der Waals surface area contributed by atoms with Crippen molar-refractivity contribution in [1.29, 1.82) is 0 Å². The molecule has 5 nitrogen and oxygen atoms in total. The lowest BCUT2D eigenvalue weighted by Crippen LogP contribution is -2.25. The third-order valence-corrected chi connectivity index (χ3v) is 3.06. The molecule has 0 aromatic carbocycles. The topological polar surface area (TPSA) is 74.7 Å². The molecule has 0 spiro atoms. The van der Waals surface area contributed by atoms with Gasteiger partial charge in [-0.25, -0.2) is 0 Å². The molecular formula is C8H15NO4S. The zero-order valence-electron chi connectivity index (χ0n) is 7.98. The minimum absolute atomic E-state index is 0.150. The largest absolute Gasteiger partial charge is 0.343 e. The van der Waals surface area contributed by atoms with E-state index >= 15 is 0 Å². The Hall–Kier alpha value is -0.620. The van der Waals surface area contributed by atoms with Crippen LogP contribution in [-0.4, -0.2) is 42.6 Å². The highest BCUT2D eigenvalue weighted by atomic mass is 32.2. The maximum atomic E-state index is 11.1. The Morgan fingerprint density at radius 1 is 1.36 bits per heavy atom. The summed E-state index contributed by atoms with van der Waals surface area (Å²) in [7, 11) is -3.84. The molecular weight excluding hydrogens is 206 g/mol. The van der Waals surface area contributed by atoms with Crippen molar-refractivity contribution in [3.8, 4) is 0 Å². The monoisotopic (exact) mass is 221 g/mol. The number of nitrogens with zero attached hydrogens (tertiary/aromatic N) is 1. The molecule has 0 atom stereocenters. The summed E-state index contributed by atoms with van der Waals surface area (Å²) in [6, 6.07) is 0. The van der Waals surface area contributed by atoms with E-state index in [2.05, 4.69) is 0 Å². The van der Waals surface area contributed by atoms with E-state index in [0.717, 1.165) is 13.0 Å². The molecule has 0 saturated carbocycles. The van der Waals surface area contributed by atoms with Gasteiger partial charge in [0, 0.05) is 19.5 Å².